The van der Waals surface area contributed by atoms with Crippen LogP contribution in [0.25, 0.3) is 0 Å². The number of nitrogens with zero attached hydrogens (tertiary/aromatic N) is 2. The molecule has 1 heterocycles. The van der Waals surface area contributed by atoms with Gasteiger partial charge in [-0.05, 0) is 31.5 Å². The first kappa shape index (κ1) is 15.4. The van der Waals surface area contributed by atoms with Gasteiger partial charge in [-0.3, -0.25) is 15.0 Å². The highest BCUT2D eigenvalue weighted by molar-refractivity contribution is 9.10. The maximum absolute atomic E-state index is 11.1. The van der Waals surface area contributed by atoms with Crippen molar-refractivity contribution in [2.45, 2.75) is 26.3 Å². The van der Waals surface area contributed by atoms with E-state index in [4.69, 9.17) is 0 Å². The van der Waals surface area contributed by atoms with Crippen LogP contribution in [0.1, 0.15) is 25.3 Å². The highest BCUT2D eigenvalue weighted by Crippen LogP contribution is 2.31. The van der Waals surface area contributed by atoms with Gasteiger partial charge in [0.25, 0.3) is 5.69 Å². The fourth-order valence-corrected chi connectivity index (χ4v) is 3.20. The minimum Gasteiger partial charge on any atom is -0.396 e. The molecule has 1 atom stereocenters. The van der Waals surface area contributed by atoms with E-state index in [9.17, 15) is 15.2 Å². The van der Waals surface area contributed by atoms with Gasteiger partial charge in [-0.15, -0.1) is 0 Å². The van der Waals surface area contributed by atoms with E-state index in [0.29, 0.717) is 12.1 Å². The summed E-state index contributed by atoms with van der Waals surface area (Å²) in [5.41, 5.74) is 0.773. The molecule has 1 unspecified atom stereocenters. The third-order valence-electron chi connectivity index (χ3n) is 3.87. The summed E-state index contributed by atoms with van der Waals surface area (Å²) >= 11 is 3.37. The third-order valence-corrected chi connectivity index (χ3v) is 4.37. The third kappa shape index (κ3) is 3.56. The molecule has 0 saturated carbocycles. The Hall–Kier alpha value is -0.980. The summed E-state index contributed by atoms with van der Waals surface area (Å²) in [5, 5.41) is 20.6. The SMILES string of the molecule is CC1(CO)CCCN(Cc2cc(Br)ccc2[N+](=O)[O-])C1. The van der Waals surface area contributed by atoms with Crippen molar-refractivity contribution in [2.24, 2.45) is 5.41 Å². The Labute approximate surface area is 126 Å². The van der Waals surface area contributed by atoms with Gasteiger partial charge in [0.05, 0.1) is 4.92 Å². The Kier molecular flexibility index (Phi) is 4.78. The number of nitro benzene ring substituents is 1. The van der Waals surface area contributed by atoms with E-state index in [-0.39, 0.29) is 22.6 Å². The maximum atomic E-state index is 11.1. The first-order valence-electron chi connectivity index (χ1n) is 6.69. The summed E-state index contributed by atoms with van der Waals surface area (Å²) in [6.45, 7) is 4.45. The van der Waals surface area contributed by atoms with Crippen molar-refractivity contribution < 1.29 is 10.0 Å². The fourth-order valence-electron chi connectivity index (χ4n) is 2.79. The number of hydrogen-bond donors (Lipinski definition) is 1. The molecule has 1 aromatic carbocycles. The molecule has 6 heteroatoms. The monoisotopic (exact) mass is 342 g/mol. The van der Waals surface area contributed by atoms with Crippen LogP contribution in [0, 0.1) is 15.5 Å². The van der Waals surface area contributed by atoms with E-state index in [1.165, 1.54) is 6.07 Å². The Morgan fingerprint density at radius 2 is 2.30 bits per heavy atom. The van der Waals surface area contributed by atoms with Gasteiger partial charge in [0.1, 0.15) is 0 Å². The Bertz CT molecular complexity index is 509. The first-order valence-corrected chi connectivity index (χ1v) is 7.49. The second-order valence-corrected chi connectivity index (χ2v) is 6.73. The van der Waals surface area contributed by atoms with Crippen molar-refractivity contribution in [2.75, 3.05) is 19.7 Å². The number of rotatable bonds is 4. The Morgan fingerprint density at radius 3 is 2.95 bits per heavy atom. The van der Waals surface area contributed by atoms with E-state index in [1.807, 2.05) is 6.07 Å². The molecule has 20 heavy (non-hydrogen) atoms. The van der Waals surface area contributed by atoms with Crippen molar-refractivity contribution in [3.05, 3.63) is 38.3 Å². The van der Waals surface area contributed by atoms with Gasteiger partial charge in [0.15, 0.2) is 0 Å². The molecule has 0 bridgehead atoms. The summed E-state index contributed by atoms with van der Waals surface area (Å²) in [4.78, 5) is 12.9. The lowest BCUT2D eigenvalue weighted by Gasteiger charge is -2.39. The standard InChI is InChI=1S/C14H19BrN2O3/c1-14(10-18)5-2-6-16(9-14)8-11-7-12(15)3-4-13(11)17(19)20/h3-4,7,18H,2,5-6,8-10H2,1H3. The second-order valence-electron chi connectivity index (χ2n) is 5.81. The molecule has 0 aliphatic carbocycles. The summed E-state index contributed by atoms with van der Waals surface area (Å²) in [6, 6.07) is 5.04. The van der Waals surface area contributed by atoms with Crippen molar-refractivity contribution in [1.82, 2.24) is 4.90 Å². The molecule has 1 N–H and O–H groups in total. The van der Waals surface area contributed by atoms with Crippen molar-refractivity contribution in [3.63, 3.8) is 0 Å². The van der Waals surface area contributed by atoms with Crippen LogP contribution >= 0.6 is 15.9 Å². The molecule has 1 fully saturated rings. The summed E-state index contributed by atoms with van der Waals surface area (Å²) in [7, 11) is 0. The number of benzene rings is 1. The molecule has 1 aliphatic rings. The average molecular weight is 343 g/mol. The van der Waals surface area contributed by atoms with E-state index in [0.717, 1.165) is 30.4 Å². The van der Waals surface area contributed by atoms with E-state index < -0.39 is 0 Å². The Balaban J connectivity index is 2.17. The van der Waals surface area contributed by atoms with Crippen LogP contribution in [0.5, 0.6) is 0 Å². The van der Waals surface area contributed by atoms with Crippen molar-refractivity contribution in [3.8, 4) is 0 Å². The van der Waals surface area contributed by atoms with Crippen LogP contribution in [0.15, 0.2) is 22.7 Å². The first-order chi connectivity index (χ1) is 9.43. The van der Waals surface area contributed by atoms with Crippen LogP contribution in [-0.4, -0.2) is 34.6 Å². The lowest BCUT2D eigenvalue weighted by Crippen LogP contribution is -2.43. The molecule has 1 saturated heterocycles. The molecule has 0 aromatic heterocycles. The molecular formula is C14H19BrN2O3. The smallest absolute Gasteiger partial charge is 0.273 e. The number of halogens is 1. The minimum absolute atomic E-state index is 0.0982. The number of aliphatic hydroxyl groups excluding tert-OH is 1. The molecule has 1 aromatic rings. The molecule has 2 rings (SSSR count). The van der Waals surface area contributed by atoms with Crippen LogP contribution < -0.4 is 0 Å². The number of aliphatic hydroxyl groups is 1. The molecule has 5 nitrogen and oxygen atoms in total. The summed E-state index contributed by atoms with van der Waals surface area (Å²) in [5.74, 6) is 0. The van der Waals surface area contributed by atoms with Gasteiger partial charge in [-0.2, -0.15) is 0 Å². The Morgan fingerprint density at radius 1 is 1.55 bits per heavy atom. The quantitative estimate of drug-likeness (QED) is 0.674. The number of piperidine rings is 1. The number of likely N-dealkylation sites (tertiary alicyclic amines) is 1. The van der Waals surface area contributed by atoms with Gasteiger partial charge in [-0.25, -0.2) is 0 Å². The highest BCUT2D eigenvalue weighted by Gasteiger charge is 2.31. The molecule has 0 spiro atoms. The van der Waals surface area contributed by atoms with Crippen LogP contribution in [0.3, 0.4) is 0 Å². The topological polar surface area (TPSA) is 66.6 Å². The zero-order valence-corrected chi connectivity index (χ0v) is 13.1. The van der Waals surface area contributed by atoms with Gasteiger partial charge in [-0.1, -0.05) is 22.9 Å². The summed E-state index contributed by atoms with van der Waals surface area (Å²) in [6.07, 6.45) is 2.01. The van der Waals surface area contributed by atoms with Gasteiger partial charge in [0, 0.05) is 41.2 Å². The van der Waals surface area contributed by atoms with Gasteiger partial charge < -0.3 is 5.11 Å². The zero-order chi connectivity index (χ0) is 14.8. The number of nitro groups is 1. The van der Waals surface area contributed by atoms with Crippen LogP contribution in [-0.2, 0) is 6.54 Å². The van der Waals surface area contributed by atoms with Crippen LogP contribution in [0.2, 0.25) is 0 Å². The van der Waals surface area contributed by atoms with Gasteiger partial charge in [0.2, 0.25) is 0 Å². The average Bonchev–Trinajstić information content (AvgIpc) is 2.38. The zero-order valence-electron chi connectivity index (χ0n) is 11.5. The highest BCUT2D eigenvalue weighted by atomic mass is 79.9. The maximum Gasteiger partial charge on any atom is 0.273 e. The predicted molar refractivity (Wildman–Crippen MR) is 80.5 cm³/mol. The van der Waals surface area contributed by atoms with Crippen LogP contribution in [0.4, 0.5) is 5.69 Å². The van der Waals surface area contributed by atoms with E-state index in [1.54, 1.807) is 6.07 Å². The normalized spacial score (nSPS) is 23.8. The molecule has 0 radical (unpaired) electrons. The van der Waals surface area contributed by atoms with Crippen molar-refractivity contribution in [1.29, 1.82) is 0 Å². The van der Waals surface area contributed by atoms with E-state index in [2.05, 4.69) is 27.8 Å². The predicted octanol–water partition coefficient (Wildman–Crippen LogP) is 2.95. The lowest BCUT2D eigenvalue weighted by atomic mass is 9.82. The summed E-state index contributed by atoms with van der Waals surface area (Å²) < 4.78 is 0.847. The molecule has 0 amide bonds. The van der Waals surface area contributed by atoms with Crippen molar-refractivity contribution >= 4 is 21.6 Å². The molecular weight excluding hydrogens is 324 g/mol. The second kappa shape index (κ2) is 6.20. The van der Waals surface area contributed by atoms with Gasteiger partial charge >= 0.3 is 0 Å². The van der Waals surface area contributed by atoms with E-state index >= 15 is 0 Å². The minimum atomic E-state index is -0.336. The molecule has 1 aliphatic heterocycles. The number of hydrogen-bond acceptors (Lipinski definition) is 4. The lowest BCUT2D eigenvalue weighted by molar-refractivity contribution is -0.385. The molecule has 110 valence electrons. The largest absolute Gasteiger partial charge is 0.396 e. The fraction of sp³-hybridized carbons (Fsp3) is 0.571.